The van der Waals surface area contributed by atoms with Crippen molar-refractivity contribution < 1.29 is 9.53 Å². The summed E-state index contributed by atoms with van der Waals surface area (Å²) in [6.45, 7) is 4.50. The number of aromatic nitrogens is 3. The van der Waals surface area contributed by atoms with Crippen LogP contribution >= 0.6 is 0 Å². The Morgan fingerprint density at radius 1 is 1.39 bits per heavy atom. The first-order valence-corrected chi connectivity index (χ1v) is 5.87. The van der Waals surface area contributed by atoms with Crippen molar-refractivity contribution >= 4 is 6.29 Å². The first-order chi connectivity index (χ1) is 8.77. The second-order valence-electron chi connectivity index (χ2n) is 3.91. The molecular formula is C13H15N3O2. The zero-order chi connectivity index (χ0) is 13.0. The van der Waals surface area contributed by atoms with E-state index in [1.165, 1.54) is 0 Å². The van der Waals surface area contributed by atoms with Gasteiger partial charge in [0.1, 0.15) is 17.1 Å². The molecule has 0 aliphatic rings. The van der Waals surface area contributed by atoms with Crippen LogP contribution in [0.4, 0.5) is 0 Å². The topological polar surface area (TPSA) is 57.0 Å². The summed E-state index contributed by atoms with van der Waals surface area (Å²) in [5.41, 5.74) is 1.85. The maximum atomic E-state index is 10.8. The van der Waals surface area contributed by atoms with Gasteiger partial charge in [0.05, 0.1) is 12.3 Å². The summed E-state index contributed by atoms with van der Waals surface area (Å²) in [5.74, 6) is 0.741. The number of ether oxygens (including phenoxy) is 1. The Labute approximate surface area is 105 Å². The largest absolute Gasteiger partial charge is 0.491 e. The number of hydrogen-bond acceptors (Lipinski definition) is 4. The molecule has 0 N–H and O–H groups in total. The second kappa shape index (κ2) is 5.44. The van der Waals surface area contributed by atoms with Crippen molar-refractivity contribution in [3.8, 4) is 11.4 Å². The minimum Gasteiger partial charge on any atom is -0.491 e. The van der Waals surface area contributed by atoms with Gasteiger partial charge in [-0.15, -0.1) is 5.10 Å². The van der Waals surface area contributed by atoms with Crippen molar-refractivity contribution in [1.29, 1.82) is 0 Å². The number of para-hydroxylation sites is 2. The quantitative estimate of drug-likeness (QED) is 0.757. The summed E-state index contributed by atoms with van der Waals surface area (Å²) in [6, 6.07) is 7.57. The van der Waals surface area contributed by atoms with Crippen LogP contribution in [0.15, 0.2) is 24.3 Å². The van der Waals surface area contributed by atoms with Gasteiger partial charge in [-0.2, -0.15) is 0 Å². The van der Waals surface area contributed by atoms with Crippen molar-refractivity contribution in [2.75, 3.05) is 6.61 Å². The fourth-order valence-electron chi connectivity index (χ4n) is 1.64. The van der Waals surface area contributed by atoms with E-state index in [9.17, 15) is 4.79 Å². The van der Waals surface area contributed by atoms with Crippen LogP contribution in [0.2, 0.25) is 0 Å². The third-order valence-corrected chi connectivity index (χ3v) is 2.60. The van der Waals surface area contributed by atoms with E-state index in [1.54, 1.807) is 11.6 Å². The number of carbonyl (C=O) groups excluding carboxylic acids is 1. The minimum atomic E-state index is 0.347. The average molecular weight is 245 g/mol. The lowest BCUT2D eigenvalue weighted by Gasteiger charge is -2.11. The van der Waals surface area contributed by atoms with Gasteiger partial charge in [-0.25, -0.2) is 4.68 Å². The van der Waals surface area contributed by atoms with Crippen molar-refractivity contribution in [3.63, 3.8) is 0 Å². The molecule has 94 valence electrons. The monoisotopic (exact) mass is 245 g/mol. The first-order valence-electron chi connectivity index (χ1n) is 5.87. The predicted octanol–water partition coefficient (Wildman–Crippen LogP) is 2.18. The first kappa shape index (κ1) is 12.3. The molecule has 0 atom stereocenters. The highest BCUT2D eigenvalue weighted by Crippen LogP contribution is 2.23. The van der Waals surface area contributed by atoms with Crippen molar-refractivity contribution in [2.45, 2.75) is 20.3 Å². The molecule has 0 radical (unpaired) electrons. The summed E-state index contributed by atoms with van der Waals surface area (Å²) in [6.07, 6.45) is 1.64. The van der Waals surface area contributed by atoms with Crippen LogP contribution in [0.5, 0.6) is 5.75 Å². The highest BCUT2D eigenvalue weighted by atomic mass is 16.5. The van der Waals surface area contributed by atoms with Crippen LogP contribution in [0.1, 0.15) is 29.5 Å². The summed E-state index contributed by atoms with van der Waals surface area (Å²) in [5, 5.41) is 7.80. The van der Waals surface area contributed by atoms with Crippen LogP contribution in [0, 0.1) is 6.92 Å². The van der Waals surface area contributed by atoms with Crippen molar-refractivity contribution in [1.82, 2.24) is 15.0 Å². The van der Waals surface area contributed by atoms with E-state index in [2.05, 4.69) is 10.3 Å². The van der Waals surface area contributed by atoms with Crippen LogP contribution in [-0.4, -0.2) is 27.9 Å². The molecule has 5 heteroatoms. The Morgan fingerprint density at radius 2 is 2.17 bits per heavy atom. The third-order valence-electron chi connectivity index (χ3n) is 2.60. The number of rotatable bonds is 5. The third kappa shape index (κ3) is 2.25. The zero-order valence-electron chi connectivity index (χ0n) is 10.5. The molecule has 0 fully saturated rings. The van der Waals surface area contributed by atoms with Gasteiger partial charge in [0.2, 0.25) is 0 Å². The van der Waals surface area contributed by atoms with E-state index in [-0.39, 0.29) is 0 Å². The SMILES string of the molecule is CCCOc1ccccc1-n1nnc(C=O)c1C. The summed E-state index contributed by atoms with van der Waals surface area (Å²) in [7, 11) is 0. The average Bonchev–Trinajstić information content (AvgIpc) is 2.77. The number of benzene rings is 1. The number of carbonyl (C=O) groups is 1. The van der Waals surface area contributed by atoms with Gasteiger partial charge in [0, 0.05) is 0 Å². The van der Waals surface area contributed by atoms with E-state index in [1.807, 2.05) is 31.2 Å². The smallest absolute Gasteiger partial charge is 0.172 e. The summed E-state index contributed by atoms with van der Waals surface area (Å²) < 4.78 is 7.28. The Hall–Kier alpha value is -2.17. The van der Waals surface area contributed by atoms with Gasteiger partial charge in [-0.1, -0.05) is 24.3 Å². The Bertz CT molecular complexity index is 549. The van der Waals surface area contributed by atoms with Gasteiger partial charge >= 0.3 is 0 Å². The number of aldehydes is 1. The standard InChI is InChI=1S/C13H15N3O2/c1-3-8-18-13-7-5-4-6-12(13)16-10(2)11(9-17)14-15-16/h4-7,9H,3,8H2,1-2H3. The highest BCUT2D eigenvalue weighted by molar-refractivity contribution is 5.73. The Balaban J connectivity index is 2.43. The van der Waals surface area contributed by atoms with Gasteiger partial charge < -0.3 is 4.74 Å². The van der Waals surface area contributed by atoms with Crippen LogP contribution in [0.3, 0.4) is 0 Å². The molecule has 18 heavy (non-hydrogen) atoms. The molecule has 0 aliphatic carbocycles. The minimum absolute atomic E-state index is 0.347. The van der Waals surface area contributed by atoms with Gasteiger partial charge in [-0.05, 0) is 25.5 Å². The molecule has 1 aromatic heterocycles. The molecule has 5 nitrogen and oxygen atoms in total. The molecule has 0 saturated heterocycles. The molecule has 0 aliphatic heterocycles. The molecular weight excluding hydrogens is 230 g/mol. The van der Waals surface area contributed by atoms with Crippen LogP contribution in [-0.2, 0) is 0 Å². The Morgan fingerprint density at radius 3 is 2.83 bits per heavy atom. The normalized spacial score (nSPS) is 10.3. The lowest BCUT2D eigenvalue weighted by atomic mass is 10.2. The van der Waals surface area contributed by atoms with Gasteiger partial charge in [-0.3, -0.25) is 4.79 Å². The fraction of sp³-hybridized carbons (Fsp3) is 0.308. The predicted molar refractivity (Wildman–Crippen MR) is 67.3 cm³/mol. The van der Waals surface area contributed by atoms with Crippen LogP contribution in [0.25, 0.3) is 5.69 Å². The van der Waals surface area contributed by atoms with Crippen LogP contribution < -0.4 is 4.74 Å². The lowest BCUT2D eigenvalue weighted by Crippen LogP contribution is -2.04. The van der Waals surface area contributed by atoms with Gasteiger partial charge in [0.15, 0.2) is 6.29 Å². The van der Waals surface area contributed by atoms with Gasteiger partial charge in [0.25, 0.3) is 0 Å². The fourth-order valence-corrected chi connectivity index (χ4v) is 1.64. The van der Waals surface area contributed by atoms with Crippen molar-refractivity contribution in [3.05, 3.63) is 35.7 Å². The zero-order valence-corrected chi connectivity index (χ0v) is 10.5. The molecule has 2 aromatic rings. The second-order valence-corrected chi connectivity index (χ2v) is 3.91. The van der Waals surface area contributed by atoms with E-state index in [4.69, 9.17) is 4.74 Å². The lowest BCUT2D eigenvalue weighted by molar-refractivity contribution is 0.111. The molecule has 0 bridgehead atoms. The molecule has 2 rings (SSSR count). The van der Waals surface area contributed by atoms with Crippen molar-refractivity contribution in [2.24, 2.45) is 0 Å². The number of nitrogens with zero attached hydrogens (tertiary/aromatic N) is 3. The molecule has 0 spiro atoms. The van der Waals surface area contributed by atoms with E-state index in [0.717, 1.165) is 17.9 Å². The molecule has 0 amide bonds. The summed E-state index contributed by atoms with van der Waals surface area (Å²) >= 11 is 0. The molecule has 0 unspecified atom stereocenters. The molecule has 1 heterocycles. The van der Waals surface area contributed by atoms with E-state index < -0.39 is 0 Å². The highest BCUT2D eigenvalue weighted by Gasteiger charge is 2.12. The molecule has 0 saturated carbocycles. The molecule has 1 aromatic carbocycles. The van der Waals surface area contributed by atoms with E-state index >= 15 is 0 Å². The maximum absolute atomic E-state index is 10.8. The number of hydrogen-bond donors (Lipinski definition) is 0. The Kier molecular flexibility index (Phi) is 3.72. The summed E-state index contributed by atoms with van der Waals surface area (Å²) in [4.78, 5) is 10.8. The maximum Gasteiger partial charge on any atom is 0.172 e. The van der Waals surface area contributed by atoms with E-state index in [0.29, 0.717) is 24.3 Å².